The molecule has 1 unspecified atom stereocenters. The lowest BCUT2D eigenvalue weighted by molar-refractivity contribution is 0.0294. The second-order valence-electron chi connectivity index (χ2n) is 6.22. The molecule has 1 saturated heterocycles. The van der Waals surface area contributed by atoms with Gasteiger partial charge in [0.25, 0.3) is 5.91 Å². The molecule has 1 amide bonds. The Hall–Kier alpha value is -2.10. The maximum Gasteiger partial charge on any atom is 0.475 e. The molecule has 0 saturated carbocycles. The van der Waals surface area contributed by atoms with Crippen LogP contribution >= 0.6 is 7.82 Å². The first-order chi connectivity index (χ1) is 12.4. The summed E-state index contributed by atoms with van der Waals surface area (Å²) in [5.74, 6) is -0.514. The highest BCUT2D eigenvalue weighted by atomic mass is 31.2. The van der Waals surface area contributed by atoms with E-state index in [0.717, 1.165) is 0 Å². The molecule has 1 aromatic rings. The maximum absolute atomic E-state index is 12.6. The molecule has 138 valence electrons. The van der Waals surface area contributed by atoms with Gasteiger partial charge >= 0.3 is 7.82 Å². The van der Waals surface area contributed by atoms with Gasteiger partial charge in [-0.05, 0) is 17.7 Å². The van der Waals surface area contributed by atoms with Crippen molar-refractivity contribution >= 4 is 19.3 Å². The molecular formula is C15H14NO9P. The largest absolute Gasteiger partial charge is 0.504 e. The lowest BCUT2D eigenvalue weighted by Gasteiger charge is -2.38. The van der Waals surface area contributed by atoms with E-state index in [1.165, 1.54) is 13.2 Å². The second-order valence-corrected chi connectivity index (χ2v) is 7.90. The Morgan fingerprint density at radius 1 is 1.31 bits per heavy atom. The van der Waals surface area contributed by atoms with Crippen molar-refractivity contribution in [1.82, 2.24) is 5.32 Å². The van der Waals surface area contributed by atoms with Crippen molar-refractivity contribution in [1.29, 1.82) is 0 Å². The standard InChI is InChI=1S/C15H14NO9P/c1-21-26(20)24-12-7(17)2-6-5-3-8-13(23-4-22-8)11(18)9(5)15(19)16-10(6)14(12)25-26/h2-3,7,10,12,14,17-18H,4H2,1H3,(H,16,19)/t7-,10+,12+,14-,26?/m0/s1. The minimum absolute atomic E-state index is 0.0104. The molecule has 4 aliphatic rings. The Morgan fingerprint density at radius 2 is 2.08 bits per heavy atom. The van der Waals surface area contributed by atoms with Crippen LogP contribution in [0.4, 0.5) is 0 Å². The number of ether oxygens (including phenoxy) is 2. The van der Waals surface area contributed by atoms with Crippen LogP contribution < -0.4 is 14.8 Å². The molecule has 3 aliphatic heterocycles. The Bertz CT molecular complexity index is 913. The fourth-order valence-corrected chi connectivity index (χ4v) is 5.01. The summed E-state index contributed by atoms with van der Waals surface area (Å²) < 4.78 is 38.2. The van der Waals surface area contributed by atoms with Gasteiger partial charge in [0, 0.05) is 12.7 Å². The molecule has 10 nitrogen and oxygen atoms in total. The summed E-state index contributed by atoms with van der Waals surface area (Å²) >= 11 is 0. The summed E-state index contributed by atoms with van der Waals surface area (Å²) in [5, 5.41) is 23.5. The first kappa shape index (κ1) is 16.1. The van der Waals surface area contributed by atoms with Crippen LogP contribution in [0.25, 0.3) is 5.57 Å². The van der Waals surface area contributed by atoms with Crippen LogP contribution in [-0.4, -0.2) is 54.4 Å². The SMILES string of the molecule is COP1(=O)O[C@@H]2[C@H](O1)[C@@H](O)C=C1c3cc4c(c(O)c3C(=O)N[C@H]12)OCO4. The number of phenolic OH excluding ortho intramolecular Hbond substituents is 1. The topological polar surface area (TPSA) is 133 Å². The number of aliphatic hydroxyl groups is 1. The number of carbonyl (C=O) groups excluding carboxylic acids is 1. The molecule has 1 aliphatic carbocycles. The van der Waals surface area contributed by atoms with Crippen molar-refractivity contribution in [2.75, 3.05) is 13.9 Å². The highest BCUT2D eigenvalue weighted by Crippen LogP contribution is 2.60. The summed E-state index contributed by atoms with van der Waals surface area (Å²) in [4.78, 5) is 12.6. The molecule has 26 heavy (non-hydrogen) atoms. The number of aliphatic hydroxyl groups excluding tert-OH is 1. The molecule has 3 N–H and O–H groups in total. The highest BCUT2D eigenvalue weighted by molar-refractivity contribution is 7.48. The quantitative estimate of drug-likeness (QED) is 0.594. The van der Waals surface area contributed by atoms with Crippen LogP contribution in [0.15, 0.2) is 12.1 Å². The van der Waals surface area contributed by atoms with Crippen LogP contribution in [0.3, 0.4) is 0 Å². The van der Waals surface area contributed by atoms with Gasteiger partial charge in [-0.1, -0.05) is 0 Å². The van der Waals surface area contributed by atoms with Gasteiger partial charge in [0.05, 0.1) is 11.6 Å². The molecular weight excluding hydrogens is 369 g/mol. The molecule has 0 bridgehead atoms. The van der Waals surface area contributed by atoms with Crippen molar-refractivity contribution in [3.05, 3.63) is 23.3 Å². The molecule has 3 heterocycles. The summed E-state index contributed by atoms with van der Waals surface area (Å²) in [6.07, 6.45) is -1.55. The van der Waals surface area contributed by atoms with Crippen LogP contribution in [-0.2, 0) is 18.1 Å². The van der Waals surface area contributed by atoms with E-state index in [1.807, 2.05) is 0 Å². The minimum atomic E-state index is -3.82. The van der Waals surface area contributed by atoms with Crippen molar-refractivity contribution in [2.45, 2.75) is 24.4 Å². The number of hydrogen-bond donors (Lipinski definition) is 3. The lowest BCUT2D eigenvalue weighted by Crippen LogP contribution is -2.55. The van der Waals surface area contributed by atoms with E-state index in [0.29, 0.717) is 16.9 Å². The second kappa shape index (κ2) is 5.21. The van der Waals surface area contributed by atoms with Gasteiger partial charge in [0.15, 0.2) is 11.5 Å². The smallest absolute Gasteiger partial charge is 0.475 e. The van der Waals surface area contributed by atoms with E-state index >= 15 is 0 Å². The Labute approximate surface area is 146 Å². The normalized spacial score (nSPS) is 36.7. The van der Waals surface area contributed by atoms with Gasteiger partial charge in [0.2, 0.25) is 12.5 Å². The predicted molar refractivity (Wildman–Crippen MR) is 83.8 cm³/mol. The Morgan fingerprint density at radius 3 is 2.85 bits per heavy atom. The number of rotatable bonds is 1. The monoisotopic (exact) mass is 383 g/mol. The average Bonchev–Trinajstić information content (AvgIpc) is 3.21. The van der Waals surface area contributed by atoms with E-state index in [9.17, 15) is 19.6 Å². The number of hydrogen-bond acceptors (Lipinski definition) is 9. The molecule has 0 radical (unpaired) electrons. The van der Waals surface area contributed by atoms with E-state index in [2.05, 4.69) is 5.32 Å². The molecule has 11 heteroatoms. The third-order valence-corrected chi connectivity index (χ3v) is 6.31. The van der Waals surface area contributed by atoms with Gasteiger partial charge in [0.1, 0.15) is 18.3 Å². The average molecular weight is 383 g/mol. The fraction of sp³-hybridized carbons (Fsp3) is 0.400. The highest BCUT2D eigenvalue weighted by Gasteiger charge is 2.56. The van der Waals surface area contributed by atoms with Crippen LogP contribution in [0.2, 0.25) is 0 Å². The lowest BCUT2D eigenvalue weighted by atomic mass is 9.79. The van der Waals surface area contributed by atoms with Gasteiger partial charge in [-0.25, -0.2) is 4.57 Å². The number of benzene rings is 1. The van der Waals surface area contributed by atoms with E-state index in [-0.39, 0.29) is 23.9 Å². The number of amides is 1. The summed E-state index contributed by atoms with van der Waals surface area (Å²) in [5.41, 5.74) is 0.882. The zero-order chi connectivity index (χ0) is 18.2. The van der Waals surface area contributed by atoms with Crippen LogP contribution in [0.1, 0.15) is 15.9 Å². The van der Waals surface area contributed by atoms with E-state index in [1.54, 1.807) is 6.07 Å². The summed E-state index contributed by atoms with van der Waals surface area (Å²) in [6, 6.07) is 0.822. The van der Waals surface area contributed by atoms with Gasteiger partial charge in [-0.2, -0.15) is 0 Å². The number of nitrogens with one attached hydrogen (secondary N) is 1. The predicted octanol–water partition coefficient (Wildman–Crippen LogP) is 0.529. The zero-order valence-corrected chi connectivity index (χ0v) is 14.3. The first-order valence-corrected chi connectivity index (χ1v) is 9.27. The summed E-state index contributed by atoms with van der Waals surface area (Å²) in [6.45, 7) is -0.0722. The number of phenols is 1. The van der Waals surface area contributed by atoms with E-state index in [4.69, 9.17) is 23.0 Å². The fourth-order valence-electron chi connectivity index (χ4n) is 3.71. The molecule has 0 spiro atoms. The zero-order valence-electron chi connectivity index (χ0n) is 13.4. The number of phosphoric ester groups is 1. The summed E-state index contributed by atoms with van der Waals surface area (Å²) in [7, 11) is -2.65. The third-order valence-electron chi connectivity index (χ3n) is 4.86. The Kier molecular flexibility index (Phi) is 3.23. The van der Waals surface area contributed by atoms with Crippen molar-refractivity contribution in [3.63, 3.8) is 0 Å². The minimum Gasteiger partial charge on any atom is -0.504 e. The molecule has 1 aromatic carbocycles. The maximum atomic E-state index is 12.6. The van der Waals surface area contributed by atoms with Crippen LogP contribution in [0, 0.1) is 0 Å². The van der Waals surface area contributed by atoms with Crippen molar-refractivity contribution < 1.29 is 42.6 Å². The molecule has 1 fully saturated rings. The van der Waals surface area contributed by atoms with Crippen molar-refractivity contribution in [2.24, 2.45) is 0 Å². The Balaban J connectivity index is 1.66. The number of phosphoric acid groups is 1. The first-order valence-electron chi connectivity index (χ1n) is 7.81. The van der Waals surface area contributed by atoms with Gasteiger partial charge in [-0.15, -0.1) is 0 Å². The van der Waals surface area contributed by atoms with Gasteiger partial charge in [-0.3, -0.25) is 18.4 Å². The van der Waals surface area contributed by atoms with Crippen LogP contribution in [0.5, 0.6) is 17.2 Å². The number of aromatic hydroxyl groups is 1. The molecule has 0 aromatic heterocycles. The number of carbonyl (C=O) groups is 1. The van der Waals surface area contributed by atoms with Gasteiger partial charge < -0.3 is 25.0 Å². The molecule has 5 atom stereocenters. The third kappa shape index (κ3) is 2.02. The van der Waals surface area contributed by atoms with E-state index < -0.39 is 38.1 Å². The molecule has 5 rings (SSSR count). The number of fused-ring (bicyclic) bond motifs is 6. The van der Waals surface area contributed by atoms with Crippen molar-refractivity contribution in [3.8, 4) is 17.2 Å².